The van der Waals surface area contributed by atoms with E-state index < -0.39 is 11.9 Å². The van der Waals surface area contributed by atoms with E-state index in [4.69, 9.17) is 16.3 Å². The summed E-state index contributed by atoms with van der Waals surface area (Å²) >= 11 is 7.82. The largest absolute Gasteiger partial charge is 0.452 e. The number of carbonyl (C=O) groups is 2. The van der Waals surface area contributed by atoms with E-state index in [9.17, 15) is 9.59 Å². The van der Waals surface area contributed by atoms with Crippen LogP contribution in [-0.4, -0.2) is 23.5 Å². The monoisotopic (exact) mass is 416 g/mol. The molecule has 7 heteroatoms. The fourth-order valence-corrected chi connectivity index (χ4v) is 1.90. The third-order valence-electron chi connectivity index (χ3n) is 2.41. The standard InChI is InChI=1S/C14H10ClIN2O3/c15-10-3-6-12(17-7-10)18-13(19)8-21-14(20)9-1-4-11(16)5-2-9/h1-7H,8H2,(H,17,18,19). The SMILES string of the molecule is O=C(COC(=O)c1ccc(I)cc1)Nc1ccc(Cl)cn1. The van der Waals surface area contributed by atoms with Gasteiger partial charge >= 0.3 is 5.97 Å². The van der Waals surface area contributed by atoms with Gasteiger partial charge in [0.05, 0.1) is 10.6 Å². The number of ether oxygens (including phenoxy) is 1. The Morgan fingerprint density at radius 3 is 2.52 bits per heavy atom. The lowest BCUT2D eigenvalue weighted by molar-refractivity contribution is -0.119. The molecule has 21 heavy (non-hydrogen) atoms. The maximum atomic E-state index is 11.7. The highest BCUT2D eigenvalue weighted by Crippen LogP contribution is 2.10. The molecule has 0 unspecified atom stereocenters. The van der Waals surface area contributed by atoms with E-state index in [1.807, 2.05) is 0 Å². The maximum Gasteiger partial charge on any atom is 0.338 e. The van der Waals surface area contributed by atoms with Crippen LogP contribution >= 0.6 is 34.2 Å². The Hall–Kier alpha value is -1.67. The Balaban J connectivity index is 1.84. The number of pyridine rings is 1. The van der Waals surface area contributed by atoms with Gasteiger partial charge in [-0.25, -0.2) is 9.78 Å². The number of amides is 1. The minimum absolute atomic E-state index is 0.342. The van der Waals surface area contributed by atoms with Crippen LogP contribution in [0.1, 0.15) is 10.4 Å². The van der Waals surface area contributed by atoms with Crippen LogP contribution < -0.4 is 5.32 Å². The number of benzene rings is 1. The van der Waals surface area contributed by atoms with Crippen molar-refractivity contribution >= 4 is 51.9 Å². The Morgan fingerprint density at radius 2 is 1.90 bits per heavy atom. The van der Waals surface area contributed by atoms with Crippen molar-refractivity contribution in [2.24, 2.45) is 0 Å². The van der Waals surface area contributed by atoms with E-state index in [1.165, 1.54) is 6.20 Å². The van der Waals surface area contributed by atoms with E-state index in [1.54, 1.807) is 36.4 Å². The molecule has 0 spiro atoms. The maximum absolute atomic E-state index is 11.7. The van der Waals surface area contributed by atoms with Gasteiger partial charge in [0.2, 0.25) is 0 Å². The summed E-state index contributed by atoms with van der Waals surface area (Å²) in [6, 6.07) is 10.0. The van der Waals surface area contributed by atoms with Gasteiger partial charge < -0.3 is 10.1 Å². The first kappa shape index (κ1) is 15.7. The van der Waals surface area contributed by atoms with Crippen LogP contribution in [0.5, 0.6) is 0 Å². The molecule has 1 aromatic heterocycles. The van der Waals surface area contributed by atoms with Crippen molar-refractivity contribution in [2.45, 2.75) is 0 Å². The lowest BCUT2D eigenvalue weighted by Gasteiger charge is -2.06. The Bertz CT molecular complexity index is 644. The highest BCUT2D eigenvalue weighted by atomic mass is 127. The Kier molecular flexibility index (Phi) is 5.51. The number of nitrogens with one attached hydrogen (secondary N) is 1. The van der Waals surface area contributed by atoms with Crippen molar-refractivity contribution in [3.8, 4) is 0 Å². The molecule has 1 amide bonds. The quantitative estimate of drug-likeness (QED) is 0.614. The predicted octanol–water partition coefficient (Wildman–Crippen LogP) is 3.14. The van der Waals surface area contributed by atoms with Crippen LogP contribution in [0.4, 0.5) is 5.82 Å². The number of esters is 1. The van der Waals surface area contributed by atoms with E-state index in [0.29, 0.717) is 16.4 Å². The van der Waals surface area contributed by atoms with Crippen molar-refractivity contribution < 1.29 is 14.3 Å². The molecule has 0 aliphatic carbocycles. The zero-order valence-electron chi connectivity index (χ0n) is 10.7. The van der Waals surface area contributed by atoms with E-state index >= 15 is 0 Å². The van der Waals surface area contributed by atoms with Crippen molar-refractivity contribution in [3.05, 3.63) is 56.8 Å². The first-order valence-electron chi connectivity index (χ1n) is 5.89. The van der Waals surface area contributed by atoms with Crippen LogP contribution in [0, 0.1) is 3.57 Å². The molecular weight excluding hydrogens is 407 g/mol. The summed E-state index contributed by atoms with van der Waals surface area (Å²) in [5.74, 6) is -0.677. The van der Waals surface area contributed by atoms with Crippen molar-refractivity contribution in [1.29, 1.82) is 0 Å². The van der Waals surface area contributed by atoms with Crippen molar-refractivity contribution in [1.82, 2.24) is 4.98 Å². The van der Waals surface area contributed by atoms with Gasteiger partial charge in [0.15, 0.2) is 6.61 Å². The van der Waals surface area contributed by atoms with Crippen LogP contribution in [0.3, 0.4) is 0 Å². The molecule has 0 aliphatic rings. The number of aromatic nitrogens is 1. The van der Waals surface area contributed by atoms with E-state index in [0.717, 1.165) is 3.57 Å². The van der Waals surface area contributed by atoms with Crippen LogP contribution in [0.2, 0.25) is 5.02 Å². The second-order valence-electron chi connectivity index (χ2n) is 3.99. The number of anilines is 1. The van der Waals surface area contributed by atoms with Gasteiger partial charge in [-0.15, -0.1) is 0 Å². The Labute approximate surface area is 139 Å². The number of hydrogen-bond donors (Lipinski definition) is 1. The van der Waals surface area contributed by atoms with Crippen LogP contribution in [0.15, 0.2) is 42.6 Å². The lowest BCUT2D eigenvalue weighted by Crippen LogP contribution is -2.21. The molecule has 0 saturated carbocycles. The normalized spacial score (nSPS) is 10.0. The molecule has 1 aromatic carbocycles. The minimum atomic E-state index is -0.550. The van der Waals surface area contributed by atoms with Gasteiger partial charge in [0, 0.05) is 9.77 Å². The second kappa shape index (κ2) is 7.37. The molecule has 0 radical (unpaired) electrons. The fourth-order valence-electron chi connectivity index (χ4n) is 1.43. The molecule has 0 bridgehead atoms. The van der Waals surface area contributed by atoms with Crippen molar-refractivity contribution in [3.63, 3.8) is 0 Å². The summed E-state index contributed by atoms with van der Waals surface area (Å²) in [7, 11) is 0. The lowest BCUT2D eigenvalue weighted by atomic mass is 10.2. The third kappa shape index (κ3) is 4.98. The summed E-state index contributed by atoms with van der Waals surface area (Å²) < 4.78 is 5.93. The summed E-state index contributed by atoms with van der Waals surface area (Å²) in [5.41, 5.74) is 0.396. The zero-order chi connectivity index (χ0) is 15.2. The van der Waals surface area contributed by atoms with Gasteiger partial charge in [-0.3, -0.25) is 4.79 Å². The van der Waals surface area contributed by atoms with Gasteiger partial charge in [-0.1, -0.05) is 11.6 Å². The number of rotatable bonds is 4. The first-order chi connectivity index (χ1) is 10.0. The highest BCUT2D eigenvalue weighted by Gasteiger charge is 2.10. The molecule has 2 rings (SSSR count). The van der Waals surface area contributed by atoms with Gasteiger partial charge in [-0.05, 0) is 59.0 Å². The molecule has 1 N–H and O–H groups in total. The predicted molar refractivity (Wildman–Crippen MR) is 87.3 cm³/mol. The third-order valence-corrected chi connectivity index (χ3v) is 3.35. The summed E-state index contributed by atoms with van der Waals surface area (Å²) in [6.07, 6.45) is 1.41. The average Bonchev–Trinajstić information content (AvgIpc) is 2.48. The molecule has 0 saturated heterocycles. The fraction of sp³-hybridized carbons (Fsp3) is 0.0714. The first-order valence-corrected chi connectivity index (χ1v) is 7.34. The number of nitrogens with zero attached hydrogens (tertiary/aromatic N) is 1. The van der Waals surface area contributed by atoms with Gasteiger partial charge in [0.1, 0.15) is 5.82 Å². The molecule has 0 aliphatic heterocycles. The molecular formula is C14H10ClIN2O3. The van der Waals surface area contributed by atoms with Gasteiger partial charge in [-0.2, -0.15) is 0 Å². The number of hydrogen-bond acceptors (Lipinski definition) is 4. The molecule has 108 valence electrons. The minimum Gasteiger partial charge on any atom is -0.452 e. The average molecular weight is 417 g/mol. The van der Waals surface area contributed by atoms with Crippen LogP contribution in [-0.2, 0) is 9.53 Å². The van der Waals surface area contributed by atoms with Crippen LogP contribution in [0.25, 0.3) is 0 Å². The molecule has 2 aromatic rings. The number of carbonyl (C=O) groups excluding carboxylic acids is 2. The van der Waals surface area contributed by atoms with Gasteiger partial charge in [0.25, 0.3) is 5.91 Å². The smallest absolute Gasteiger partial charge is 0.338 e. The molecule has 1 heterocycles. The molecule has 0 atom stereocenters. The number of halogens is 2. The van der Waals surface area contributed by atoms with E-state index in [2.05, 4.69) is 32.9 Å². The molecule has 0 fully saturated rings. The Morgan fingerprint density at radius 1 is 1.19 bits per heavy atom. The topological polar surface area (TPSA) is 68.3 Å². The summed E-state index contributed by atoms with van der Waals surface area (Å²) in [6.45, 7) is -0.380. The summed E-state index contributed by atoms with van der Waals surface area (Å²) in [4.78, 5) is 27.3. The second-order valence-corrected chi connectivity index (χ2v) is 5.67. The highest BCUT2D eigenvalue weighted by molar-refractivity contribution is 14.1. The summed E-state index contributed by atoms with van der Waals surface area (Å²) in [5, 5.41) is 2.97. The molecule has 5 nitrogen and oxygen atoms in total. The zero-order valence-corrected chi connectivity index (χ0v) is 13.6. The van der Waals surface area contributed by atoms with E-state index in [-0.39, 0.29) is 6.61 Å². The van der Waals surface area contributed by atoms with Crippen molar-refractivity contribution in [2.75, 3.05) is 11.9 Å².